The molecule has 0 saturated heterocycles. The molecule has 1 N–H and O–H groups in total. The lowest BCUT2D eigenvalue weighted by Crippen LogP contribution is -2.07. The quantitative estimate of drug-likeness (QED) is 0.880. The van der Waals surface area contributed by atoms with Crippen LogP contribution in [0.5, 0.6) is 0 Å². The van der Waals surface area contributed by atoms with E-state index in [1.165, 1.54) is 6.33 Å². The van der Waals surface area contributed by atoms with Crippen LogP contribution in [-0.2, 0) is 6.42 Å². The zero-order valence-corrected chi connectivity index (χ0v) is 11.3. The van der Waals surface area contributed by atoms with Crippen molar-refractivity contribution in [3.8, 4) is 0 Å². The lowest BCUT2D eigenvalue weighted by Gasteiger charge is -2.06. The molecule has 2 aromatic heterocycles. The molecule has 0 atom stereocenters. The smallest absolute Gasteiger partial charge is 0.148 e. The molecule has 0 fully saturated rings. The second-order valence-electron chi connectivity index (χ2n) is 2.93. The lowest BCUT2D eigenvalue weighted by atomic mass is 10.4. The minimum Gasteiger partial charge on any atom is -0.369 e. The van der Waals surface area contributed by atoms with Crippen molar-refractivity contribution in [1.82, 2.24) is 15.0 Å². The van der Waals surface area contributed by atoms with Gasteiger partial charge in [0.25, 0.3) is 0 Å². The van der Waals surface area contributed by atoms with E-state index in [1.54, 1.807) is 17.5 Å². The highest BCUT2D eigenvalue weighted by atomic mass is 79.9. The van der Waals surface area contributed by atoms with E-state index in [0.717, 1.165) is 18.0 Å². The van der Waals surface area contributed by atoms with Crippen molar-refractivity contribution in [2.24, 2.45) is 0 Å². The Balaban J connectivity index is 1.92. The fourth-order valence-corrected chi connectivity index (χ4v) is 2.23. The third-order valence-electron chi connectivity index (χ3n) is 1.86. The first-order valence-electron chi connectivity index (χ1n) is 4.55. The Hall–Kier alpha value is -0.720. The number of halogens is 2. The average molecular weight is 320 g/mol. The molecular weight excluding hydrogens is 312 g/mol. The van der Waals surface area contributed by atoms with Gasteiger partial charge in [-0.15, -0.1) is 11.3 Å². The summed E-state index contributed by atoms with van der Waals surface area (Å²) in [6.45, 7) is 0.763. The molecule has 16 heavy (non-hydrogen) atoms. The van der Waals surface area contributed by atoms with Crippen LogP contribution in [0.25, 0.3) is 0 Å². The number of anilines is 1. The molecule has 0 amide bonds. The van der Waals surface area contributed by atoms with Crippen LogP contribution in [0.15, 0.2) is 22.4 Å². The van der Waals surface area contributed by atoms with Crippen LogP contribution in [-0.4, -0.2) is 21.5 Å². The summed E-state index contributed by atoms with van der Waals surface area (Å²) >= 11 is 10.8. The van der Waals surface area contributed by atoms with Crippen molar-refractivity contribution in [3.63, 3.8) is 0 Å². The normalized spacial score (nSPS) is 10.4. The standard InChI is InChI=1S/C9H8BrClN4S/c10-7-8(11)14-5-15-9(7)13-2-1-6-12-3-4-16-6/h3-5H,1-2H2,(H,13,14,15). The van der Waals surface area contributed by atoms with Gasteiger partial charge in [-0.25, -0.2) is 15.0 Å². The number of thiazole rings is 1. The summed E-state index contributed by atoms with van der Waals surface area (Å²) in [5.41, 5.74) is 0. The van der Waals surface area contributed by atoms with E-state index in [1.807, 2.05) is 5.38 Å². The van der Waals surface area contributed by atoms with Crippen molar-refractivity contribution in [1.29, 1.82) is 0 Å². The fraction of sp³-hybridized carbons (Fsp3) is 0.222. The Labute approximate surface area is 110 Å². The van der Waals surface area contributed by atoms with E-state index in [0.29, 0.717) is 15.4 Å². The average Bonchev–Trinajstić information content (AvgIpc) is 2.77. The SMILES string of the molecule is Clc1ncnc(NCCc2nccs2)c1Br. The molecule has 2 rings (SSSR count). The Morgan fingerprint density at radius 2 is 2.25 bits per heavy atom. The summed E-state index contributed by atoms with van der Waals surface area (Å²) in [6, 6.07) is 0. The summed E-state index contributed by atoms with van der Waals surface area (Å²) in [5.74, 6) is 0.705. The monoisotopic (exact) mass is 318 g/mol. The zero-order chi connectivity index (χ0) is 11.4. The van der Waals surface area contributed by atoms with Gasteiger partial charge in [0.05, 0.1) is 9.48 Å². The van der Waals surface area contributed by atoms with Crippen LogP contribution in [0.3, 0.4) is 0 Å². The number of nitrogens with zero attached hydrogens (tertiary/aromatic N) is 3. The molecule has 84 valence electrons. The Morgan fingerprint density at radius 1 is 1.38 bits per heavy atom. The second kappa shape index (κ2) is 5.56. The molecule has 0 aliphatic rings. The topological polar surface area (TPSA) is 50.7 Å². The van der Waals surface area contributed by atoms with E-state index >= 15 is 0 Å². The van der Waals surface area contributed by atoms with Crippen LogP contribution < -0.4 is 5.32 Å². The largest absolute Gasteiger partial charge is 0.369 e. The van der Waals surface area contributed by atoms with Crippen molar-refractivity contribution in [3.05, 3.63) is 32.5 Å². The summed E-state index contributed by atoms with van der Waals surface area (Å²) in [6.07, 6.45) is 4.10. The lowest BCUT2D eigenvalue weighted by molar-refractivity contribution is 0.979. The predicted molar refractivity (Wildman–Crippen MR) is 69.0 cm³/mol. The van der Waals surface area contributed by atoms with Crippen molar-refractivity contribution in [2.45, 2.75) is 6.42 Å². The van der Waals surface area contributed by atoms with E-state index < -0.39 is 0 Å². The van der Waals surface area contributed by atoms with Crippen LogP contribution in [0.2, 0.25) is 5.15 Å². The maximum atomic E-state index is 5.84. The van der Waals surface area contributed by atoms with Crippen molar-refractivity contribution < 1.29 is 0 Å². The Morgan fingerprint density at radius 3 is 3.00 bits per heavy atom. The van der Waals surface area contributed by atoms with Crippen LogP contribution in [0, 0.1) is 0 Å². The third-order valence-corrected chi connectivity index (χ3v) is 3.97. The van der Waals surface area contributed by atoms with E-state index in [4.69, 9.17) is 11.6 Å². The van der Waals surface area contributed by atoms with Crippen molar-refractivity contribution in [2.75, 3.05) is 11.9 Å². The molecule has 7 heteroatoms. The van der Waals surface area contributed by atoms with Crippen LogP contribution in [0.4, 0.5) is 5.82 Å². The fourth-order valence-electron chi connectivity index (χ4n) is 1.14. The molecule has 0 unspecified atom stereocenters. The molecule has 0 bridgehead atoms. The molecule has 2 heterocycles. The highest BCUT2D eigenvalue weighted by Gasteiger charge is 2.05. The molecule has 0 aliphatic heterocycles. The van der Waals surface area contributed by atoms with Gasteiger partial charge in [-0.3, -0.25) is 0 Å². The van der Waals surface area contributed by atoms with Gasteiger partial charge in [-0.05, 0) is 15.9 Å². The first kappa shape index (κ1) is 11.8. The summed E-state index contributed by atoms with van der Waals surface area (Å²) in [4.78, 5) is 12.1. The first-order chi connectivity index (χ1) is 7.77. The first-order valence-corrected chi connectivity index (χ1v) is 6.60. The highest BCUT2D eigenvalue weighted by molar-refractivity contribution is 9.10. The van der Waals surface area contributed by atoms with Gasteiger partial charge in [-0.2, -0.15) is 0 Å². The number of rotatable bonds is 4. The Bertz CT molecular complexity index is 463. The maximum absolute atomic E-state index is 5.84. The van der Waals surface area contributed by atoms with Crippen LogP contribution >= 0.6 is 38.9 Å². The van der Waals surface area contributed by atoms with Gasteiger partial charge < -0.3 is 5.32 Å². The molecule has 2 aromatic rings. The third kappa shape index (κ3) is 2.90. The maximum Gasteiger partial charge on any atom is 0.148 e. The van der Waals surface area contributed by atoms with Crippen LogP contribution in [0.1, 0.15) is 5.01 Å². The predicted octanol–water partition coefficient (Wildman–Crippen LogP) is 3.00. The molecule has 0 saturated carbocycles. The number of hydrogen-bond donors (Lipinski definition) is 1. The number of hydrogen-bond acceptors (Lipinski definition) is 5. The molecule has 0 aromatic carbocycles. The Kier molecular flexibility index (Phi) is 4.09. The number of nitrogens with one attached hydrogen (secondary N) is 1. The summed E-state index contributed by atoms with van der Waals surface area (Å²) in [7, 11) is 0. The van der Waals surface area contributed by atoms with Gasteiger partial charge in [0.15, 0.2) is 0 Å². The highest BCUT2D eigenvalue weighted by Crippen LogP contribution is 2.25. The zero-order valence-electron chi connectivity index (χ0n) is 8.15. The van der Waals surface area contributed by atoms with Crippen molar-refractivity contribution >= 4 is 44.7 Å². The van der Waals surface area contributed by atoms with E-state index in [9.17, 15) is 0 Å². The van der Waals surface area contributed by atoms with Gasteiger partial charge in [0, 0.05) is 24.5 Å². The molecule has 0 spiro atoms. The molecular formula is C9H8BrClN4S. The van der Waals surface area contributed by atoms with E-state index in [-0.39, 0.29) is 0 Å². The molecule has 4 nitrogen and oxygen atoms in total. The van der Waals surface area contributed by atoms with Gasteiger partial charge in [-0.1, -0.05) is 11.6 Å². The summed E-state index contributed by atoms with van der Waals surface area (Å²) < 4.78 is 0.691. The van der Waals surface area contributed by atoms with Gasteiger partial charge >= 0.3 is 0 Å². The van der Waals surface area contributed by atoms with Gasteiger partial charge in [0.2, 0.25) is 0 Å². The number of aromatic nitrogens is 3. The minimum atomic E-state index is 0.409. The molecule has 0 radical (unpaired) electrons. The second-order valence-corrected chi connectivity index (χ2v) is 5.06. The van der Waals surface area contributed by atoms with E-state index in [2.05, 4.69) is 36.2 Å². The van der Waals surface area contributed by atoms with Gasteiger partial charge in [0.1, 0.15) is 17.3 Å². The minimum absolute atomic E-state index is 0.409. The molecule has 0 aliphatic carbocycles. The summed E-state index contributed by atoms with van der Waals surface area (Å²) in [5, 5.41) is 6.65.